The van der Waals surface area contributed by atoms with Gasteiger partial charge in [-0.3, -0.25) is 19.3 Å². The highest BCUT2D eigenvalue weighted by Crippen LogP contribution is 2.59. The molecule has 0 bridgehead atoms. The number of amides is 2. The summed E-state index contributed by atoms with van der Waals surface area (Å²) in [6.07, 6.45) is 8.55. The van der Waals surface area contributed by atoms with Crippen LogP contribution in [-0.2, 0) is 28.6 Å². The lowest BCUT2D eigenvalue weighted by Gasteiger charge is -2.42. The number of cyclic esters (lactones) is 1. The second-order valence-electron chi connectivity index (χ2n) is 11.2. The Morgan fingerprint density at radius 1 is 1.05 bits per heavy atom. The lowest BCUT2D eigenvalue weighted by Crippen LogP contribution is -2.60. The molecule has 1 spiro atoms. The number of fused-ring (bicyclic) bond motifs is 2. The lowest BCUT2D eigenvalue weighted by molar-refractivity contribution is -0.162. The van der Waals surface area contributed by atoms with Crippen molar-refractivity contribution < 1.29 is 33.7 Å². The standard InChI is InChI=1S/C28H41N3O7/c1-4-19(3)20(18-32)31-23-25(34)30(12-11-29-13-16-36-17-14-29)10-6-9-28(23)21(24(31)33)22-26(35)37-15-7-8-27(22,5-2)38-28/h6-9,19-23,32H,4-5,10-18H2,1-3H3/t19-,20-,21-,22-,23?,27+,28-/m0/s1. The van der Waals surface area contributed by atoms with Gasteiger partial charge in [0.25, 0.3) is 0 Å². The summed E-state index contributed by atoms with van der Waals surface area (Å²) in [5.41, 5.74) is -2.37. The van der Waals surface area contributed by atoms with Gasteiger partial charge in [0, 0.05) is 32.7 Å². The Bertz CT molecular complexity index is 995. The first-order valence-corrected chi connectivity index (χ1v) is 14.1. The molecule has 3 saturated heterocycles. The van der Waals surface area contributed by atoms with E-state index >= 15 is 0 Å². The molecule has 5 rings (SSSR count). The van der Waals surface area contributed by atoms with Crippen LogP contribution in [0.15, 0.2) is 24.3 Å². The van der Waals surface area contributed by atoms with Gasteiger partial charge in [0.2, 0.25) is 11.8 Å². The van der Waals surface area contributed by atoms with Crippen molar-refractivity contribution in [2.45, 2.75) is 56.9 Å². The number of morpholine rings is 1. The molecule has 10 nitrogen and oxygen atoms in total. The van der Waals surface area contributed by atoms with E-state index in [1.807, 2.05) is 39.0 Å². The summed E-state index contributed by atoms with van der Waals surface area (Å²) in [5, 5.41) is 10.5. The maximum absolute atomic E-state index is 14.4. The maximum Gasteiger partial charge on any atom is 0.313 e. The van der Waals surface area contributed by atoms with Crippen LogP contribution in [0.5, 0.6) is 0 Å². The molecule has 0 aromatic rings. The van der Waals surface area contributed by atoms with Crippen LogP contribution in [0, 0.1) is 17.8 Å². The van der Waals surface area contributed by atoms with Gasteiger partial charge in [0.1, 0.15) is 29.8 Å². The second kappa shape index (κ2) is 10.7. The third-order valence-electron chi connectivity index (χ3n) is 9.35. The molecular weight excluding hydrogens is 490 g/mol. The summed E-state index contributed by atoms with van der Waals surface area (Å²) in [4.78, 5) is 47.8. The number of esters is 1. The third kappa shape index (κ3) is 4.20. The number of rotatable bonds is 8. The summed E-state index contributed by atoms with van der Waals surface area (Å²) < 4.78 is 17.8. The number of likely N-dealkylation sites (tertiary alicyclic amines) is 1. The molecule has 2 amide bonds. The van der Waals surface area contributed by atoms with Crippen molar-refractivity contribution in [3.63, 3.8) is 0 Å². The number of aliphatic hydroxyl groups excluding tert-OH is 1. The Hall–Kier alpha value is -2.27. The number of carbonyl (C=O) groups is 3. The van der Waals surface area contributed by atoms with Crippen molar-refractivity contribution in [1.82, 2.24) is 14.7 Å². The molecule has 0 saturated carbocycles. The van der Waals surface area contributed by atoms with Crippen LogP contribution in [-0.4, -0.2) is 120 Å². The van der Waals surface area contributed by atoms with Gasteiger partial charge >= 0.3 is 5.97 Å². The summed E-state index contributed by atoms with van der Waals surface area (Å²) in [6, 6.07) is -1.56. The minimum Gasteiger partial charge on any atom is -0.461 e. The zero-order chi connectivity index (χ0) is 27.1. The van der Waals surface area contributed by atoms with E-state index in [1.54, 1.807) is 15.9 Å². The molecule has 5 heterocycles. The van der Waals surface area contributed by atoms with Crippen LogP contribution < -0.4 is 0 Å². The molecule has 10 heteroatoms. The Morgan fingerprint density at radius 3 is 2.50 bits per heavy atom. The number of carbonyl (C=O) groups excluding carboxylic acids is 3. The number of hydrogen-bond acceptors (Lipinski definition) is 8. The SMILES string of the molecule is CC[C@H](C)[C@H](CO)N1C(=O)[C@@H]2[C@H]3C(=O)OCC=C[C@@]3(CC)O[C@@]23C=CCN(CCN2CCOCC2)C(=O)C13. The average molecular weight is 532 g/mol. The first-order valence-electron chi connectivity index (χ1n) is 14.1. The van der Waals surface area contributed by atoms with E-state index in [4.69, 9.17) is 14.2 Å². The monoisotopic (exact) mass is 531 g/mol. The molecule has 0 aromatic heterocycles. The van der Waals surface area contributed by atoms with Gasteiger partial charge in [-0.15, -0.1) is 0 Å². The van der Waals surface area contributed by atoms with Crippen LogP contribution in [0.2, 0.25) is 0 Å². The highest BCUT2D eigenvalue weighted by atomic mass is 16.6. The minimum atomic E-state index is -1.33. The van der Waals surface area contributed by atoms with E-state index < -0.39 is 41.1 Å². The van der Waals surface area contributed by atoms with Gasteiger partial charge in [0.15, 0.2) is 0 Å². The molecule has 5 aliphatic rings. The summed E-state index contributed by atoms with van der Waals surface area (Å²) in [6.45, 7) is 10.3. The van der Waals surface area contributed by atoms with Crippen LogP contribution >= 0.6 is 0 Å². The fourth-order valence-corrected chi connectivity index (χ4v) is 7.04. The fourth-order valence-electron chi connectivity index (χ4n) is 7.04. The molecule has 1 unspecified atom stereocenters. The molecule has 1 N–H and O–H groups in total. The number of aliphatic hydroxyl groups is 1. The van der Waals surface area contributed by atoms with Crippen LogP contribution in [0.4, 0.5) is 0 Å². The predicted molar refractivity (Wildman–Crippen MR) is 138 cm³/mol. The van der Waals surface area contributed by atoms with Gasteiger partial charge in [-0.05, 0) is 18.4 Å². The lowest BCUT2D eigenvalue weighted by atomic mass is 9.73. The van der Waals surface area contributed by atoms with E-state index in [0.717, 1.165) is 19.5 Å². The molecule has 210 valence electrons. The Labute approximate surface area is 224 Å². The third-order valence-corrected chi connectivity index (χ3v) is 9.35. The number of hydrogen-bond donors (Lipinski definition) is 1. The first kappa shape index (κ1) is 27.3. The predicted octanol–water partition coefficient (Wildman–Crippen LogP) is 0.598. The summed E-state index contributed by atoms with van der Waals surface area (Å²) in [7, 11) is 0. The average Bonchev–Trinajstić information content (AvgIpc) is 3.21. The van der Waals surface area contributed by atoms with Crippen molar-refractivity contribution in [2.75, 3.05) is 59.2 Å². The Kier molecular flexibility index (Phi) is 7.70. The molecule has 5 aliphatic heterocycles. The minimum absolute atomic E-state index is 0.0569. The highest BCUT2D eigenvalue weighted by molar-refractivity contribution is 5.99. The van der Waals surface area contributed by atoms with Crippen molar-refractivity contribution in [1.29, 1.82) is 0 Å². The first-order chi connectivity index (χ1) is 18.3. The number of ether oxygens (including phenoxy) is 3. The van der Waals surface area contributed by atoms with Crippen LogP contribution in [0.1, 0.15) is 33.6 Å². The fraction of sp³-hybridized carbons (Fsp3) is 0.750. The second-order valence-corrected chi connectivity index (χ2v) is 11.2. The van der Waals surface area contributed by atoms with Gasteiger partial charge in [-0.25, -0.2) is 0 Å². The molecule has 0 aromatic carbocycles. The zero-order valence-electron chi connectivity index (χ0n) is 22.7. The quantitative estimate of drug-likeness (QED) is 0.358. The number of nitrogens with zero attached hydrogens (tertiary/aromatic N) is 3. The van der Waals surface area contributed by atoms with E-state index in [-0.39, 0.29) is 30.9 Å². The topological polar surface area (TPSA) is 109 Å². The smallest absolute Gasteiger partial charge is 0.313 e. The van der Waals surface area contributed by atoms with Crippen molar-refractivity contribution in [3.8, 4) is 0 Å². The summed E-state index contributed by atoms with van der Waals surface area (Å²) >= 11 is 0. The van der Waals surface area contributed by atoms with Crippen LogP contribution in [0.3, 0.4) is 0 Å². The highest BCUT2D eigenvalue weighted by Gasteiger charge is 2.76. The van der Waals surface area contributed by atoms with Crippen molar-refractivity contribution in [2.24, 2.45) is 17.8 Å². The molecule has 7 atom stereocenters. The van der Waals surface area contributed by atoms with Crippen molar-refractivity contribution >= 4 is 17.8 Å². The molecule has 0 radical (unpaired) electrons. The Balaban J connectivity index is 1.57. The molecule has 38 heavy (non-hydrogen) atoms. The van der Waals surface area contributed by atoms with Gasteiger partial charge in [0.05, 0.1) is 31.8 Å². The molecule has 0 aliphatic carbocycles. The largest absolute Gasteiger partial charge is 0.461 e. The van der Waals surface area contributed by atoms with Crippen molar-refractivity contribution in [3.05, 3.63) is 24.3 Å². The maximum atomic E-state index is 14.4. The van der Waals surface area contributed by atoms with E-state index in [1.165, 1.54) is 0 Å². The van der Waals surface area contributed by atoms with Crippen LogP contribution in [0.25, 0.3) is 0 Å². The van der Waals surface area contributed by atoms with Gasteiger partial charge in [-0.1, -0.05) is 45.4 Å². The van der Waals surface area contributed by atoms with E-state index in [9.17, 15) is 19.5 Å². The normalized spacial score (nSPS) is 36.8. The zero-order valence-corrected chi connectivity index (χ0v) is 22.7. The van der Waals surface area contributed by atoms with Gasteiger partial charge in [-0.2, -0.15) is 0 Å². The molecular formula is C28H41N3O7. The van der Waals surface area contributed by atoms with E-state index in [0.29, 0.717) is 39.3 Å². The molecule has 3 fully saturated rings. The van der Waals surface area contributed by atoms with Gasteiger partial charge < -0.3 is 29.1 Å². The van der Waals surface area contributed by atoms with E-state index in [2.05, 4.69) is 4.90 Å². The Morgan fingerprint density at radius 2 is 1.82 bits per heavy atom. The summed E-state index contributed by atoms with van der Waals surface area (Å²) in [5.74, 6) is -2.86.